The van der Waals surface area contributed by atoms with Gasteiger partial charge in [-0.25, -0.2) is 0 Å². The first-order valence-corrected chi connectivity index (χ1v) is 7.76. The molecule has 4 nitrogen and oxygen atoms in total. The van der Waals surface area contributed by atoms with Crippen LogP contribution in [0.4, 0.5) is 0 Å². The van der Waals surface area contributed by atoms with Gasteiger partial charge in [-0.3, -0.25) is 9.69 Å². The number of nitrogens with zero attached hydrogens (tertiary/aromatic N) is 2. The van der Waals surface area contributed by atoms with Crippen molar-refractivity contribution in [2.75, 3.05) is 13.1 Å². The average Bonchev–Trinajstić information content (AvgIpc) is 3.31. The second-order valence-electron chi connectivity index (χ2n) is 6.17. The van der Waals surface area contributed by atoms with Crippen LogP contribution >= 0.6 is 0 Å². The van der Waals surface area contributed by atoms with E-state index in [4.69, 9.17) is 5.26 Å². The normalized spacial score (nSPS) is 22.5. The summed E-state index contributed by atoms with van der Waals surface area (Å²) in [5.74, 6) is 0.353. The molecule has 1 aliphatic heterocycles. The van der Waals surface area contributed by atoms with Crippen LogP contribution in [0.15, 0.2) is 24.3 Å². The lowest BCUT2D eigenvalue weighted by molar-refractivity contribution is -0.126. The summed E-state index contributed by atoms with van der Waals surface area (Å²) in [6, 6.07) is 10.4. The summed E-state index contributed by atoms with van der Waals surface area (Å²) in [7, 11) is 0. The Bertz CT molecular complexity index is 559. The number of likely N-dealkylation sites (tertiary alicyclic amines) is 1. The Kier molecular flexibility index (Phi) is 4.21. The number of amides is 1. The molecule has 21 heavy (non-hydrogen) atoms. The fraction of sp³-hybridized carbons (Fsp3) is 0.529. The highest BCUT2D eigenvalue weighted by Crippen LogP contribution is 2.23. The molecule has 0 radical (unpaired) electrons. The summed E-state index contributed by atoms with van der Waals surface area (Å²) in [5.41, 5.74) is 1.85. The van der Waals surface area contributed by atoms with Crippen LogP contribution in [-0.2, 0) is 11.3 Å². The molecule has 4 heteroatoms. The Morgan fingerprint density at radius 3 is 3.00 bits per heavy atom. The number of rotatable bonds is 4. The van der Waals surface area contributed by atoms with Gasteiger partial charge in [0.2, 0.25) is 5.91 Å². The van der Waals surface area contributed by atoms with Crippen LogP contribution in [0.25, 0.3) is 0 Å². The molecule has 110 valence electrons. The van der Waals surface area contributed by atoms with E-state index in [1.165, 1.54) is 0 Å². The van der Waals surface area contributed by atoms with Gasteiger partial charge in [-0.2, -0.15) is 5.26 Å². The smallest absolute Gasteiger partial charge is 0.224 e. The van der Waals surface area contributed by atoms with E-state index in [0.717, 1.165) is 50.9 Å². The highest BCUT2D eigenvalue weighted by molar-refractivity contribution is 5.79. The number of hydrogen-bond donors (Lipinski definition) is 1. The van der Waals surface area contributed by atoms with Gasteiger partial charge in [-0.15, -0.1) is 0 Å². The Morgan fingerprint density at radius 1 is 1.38 bits per heavy atom. The van der Waals surface area contributed by atoms with Gasteiger partial charge >= 0.3 is 0 Å². The third-order valence-electron chi connectivity index (χ3n) is 4.26. The van der Waals surface area contributed by atoms with Gasteiger partial charge in [0.25, 0.3) is 0 Å². The van der Waals surface area contributed by atoms with Crippen molar-refractivity contribution in [2.45, 2.75) is 38.3 Å². The highest BCUT2D eigenvalue weighted by atomic mass is 16.2. The fourth-order valence-electron chi connectivity index (χ4n) is 2.96. The van der Waals surface area contributed by atoms with Crippen LogP contribution in [0.2, 0.25) is 0 Å². The Hall–Kier alpha value is -1.86. The van der Waals surface area contributed by atoms with Crippen molar-refractivity contribution >= 4 is 5.91 Å². The van der Waals surface area contributed by atoms with Crippen LogP contribution in [0.3, 0.4) is 0 Å². The molecule has 2 aliphatic rings. The zero-order valence-electron chi connectivity index (χ0n) is 12.2. The topological polar surface area (TPSA) is 56.1 Å². The molecule has 1 amide bonds. The predicted molar refractivity (Wildman–Crippen MR) is 80.3 cm³/mol. The van der Waals surface area contributed by atoms with Crippen LogP contribution in [0, 0.1) is 17.2 Å². The van der Waals surface area contributed by atoms with Crippen molar-refractivity contribution in [3.63, 3.8) is 0 Å². The monoisotopic (exact) mass is 283 g/mol. The maximum atomic E-state index is 12.2. The molecule has 1 aliphatic carbocycles. The quantitative estimate of drug-likeness (QED) is 0.920. The number of piperidine rings is 1. The van der Waals surface area contributed by atoms with Gasteiger partial charge in [-0.05, 0) is 49.9 Å². The van der Waals surface area contributed by atoms with Crippen molar-refractivity contribution in [1.29, 1.82) is 5.26 Å². The molecule has 1 atom stereocenters. The summed E-state index contributed by atoms with van der Waals surface area (Å²) in [4.78, 5) is 14.5. The van der Waals surface area contributed by atoms with Crippen molar-refractivity contribution < 1.29 is 4.79 Å². The third-order valence-corrected chi connectivity index (χ3v) is 4.26. The highest BCUT2D eigenvalue weighted by Gasteiger charge is 2.30. The van der Waals surface area contributed by atoms with Crippen molar-refractivity contribution in [3.8, 4) is 6.07 Å². The van der Waals surface area contributed by atoms with Gasteiger partial charge in [0.05, 0.1) is 17.6 Å². The van der Waals surface area contributed by atoms with Crippen LogP contribution in [-0.4, -0.2) is 29.9 Å². The molecule has 1 unspecified atom stereocenters. The fourth-order valence-corrected chi connectivity index (χ4v) is 2.96. The van der Waals surface area contributed by atoms with Crippen molar-refractivity contribution in [3.05, 3.63) is 35.4 Å². The van der Waals surface area contributed by atoms with E-state index in [9.17, 15) is 4.79 Å². The molecular weight excluding hydrogens is 262 g/mol. The molecule has 0 aromatic heterocycles. The zero-order chi connectivity index (χ0) is 14.7. The van der Waals surface area contributed by atoms with E-state index in [0.29, 0.717) is 11.6 Å². The molecule has 2 fully saturated rings. The summed E-state index contributed by atoms with van der Waals surface area (Å²) < 4.78 is 0. The molecule has 0 bridgehead atoms. The Balaban J connectivity index is 1.57. The first-order valence-electron chi connectivity index (χ1n) is 7.76. The Morgan fingerprint density at radius 2 is 2.24 bits per heavy atom. The van der Waals surface area contributed by atoms with Crippen LogP contribution in [0.1, 0.15) is 36.8 Å². The molecule has 1 heterocycles. The van der Waals surface area contributed by atoms with Crippen molar-refractivity contribution in [1.82, 2.24) is 10.2 Å². The minimum Gasteiger partial charge on any atom is -0.353 e. The van der Waals surface area contributed by atoms with E-state index < -0.39 is 0 Å². The minimum atomic E-state index is 0.124. The van der Waals surface area contributed by atoms with E-state index in [1.807, 2.05) is 18.2 Å². The first-order chi connectivity index (χ1) is 10.2. The lowest BCUT2D eigenvalue weighted by atomic mass is 9.96. The molecule has 1 aromatic carbocycles. The third kappa shape index (κ3) is 3.83. The predicted octanol–water partition coefficient (Wildman–Crippen LogP) is 2.05. The second kappa shape index (κ2) is 6.28. The number of nitrogens with one attached hydrogen (secondary N) is 1. The van der Waals surface area contributed by atoms with Gasteiger partial charge in [0.1, 0.15) is 0 Å². The van der Waals surface area contributed by atoms with Crippen LogP contribution < -0.4 is 5.32 Å². The Labute approximate surface area is 125 Å². The maximum absolute atomic E-state index is 12.2. The summed E-state index contributed by atoms with van der Waals surface area (Å²) >= 11 is 0. The second-order valence-corrected chi connectivity index (χ2v) is 6.17. The number of carbonyl (C=O) groups is 1. The van der Waals surface area contributed by atoms with Gasteiger partial charge in [0.15, 0.2) is 0 Å². The number of hydrogen-bond acceptors (Lipinski definition) is 3. The van der Waals surface area contributed by atoms with Crippen molar-refractivity contribution in [2.24, 2.45) is 5.92 Å². The number of nitriles is 1. The number of benzene rings is 1. The summed E-state index contributed by atoms with van der Waals surface area (Å²) in [6.07, 6.45) is 4.35. The van der Waals surface area contributed by atoms with E-state index in [2.05, 4.69) is 22.4 Å². The van der Waals surface area contributed by atoms with Crippen LogP contribution in [0.5, 0.6) is 0 Å². The van der Waals surface area contributed by atoms with E-state index in [-0.39, 0.29) is 11.8 Å². The SMILES string of the molecule is N#Cc1cccc(CN2CCCC(C(=O)NC3CC3)C2)c1. The maximum Gasteiger partial charge on any atom is 0.224 e. The first kappa shape index (κ1) is 14.1. The van der Waals surface area contributed by atoms with E-state index in [1.54, 1.807) is 0 Å². The molecule has 1 aromatic rings. The molecule has 1 N–H and O–H groups in total. The summed E-state index contributed by atoms with van der Waals surface area (Å²) in [6.45, 7) is 2.68. The zero-order valence-corrected chi connectivity index (χ0v) is 12.2. The van der Waals surface area contributed by atoms with E-state index >= 15 is 0 Å². The molecular formula is C17H21N3O. The molecule has 0 spiro atoms. The molecule has 3 rings (SSSR count). The molecule has 1 saturated heterocycles. The van der Waals surface area contributed by atoms with Gasteiger partial charge in [0, 0.05) is 19.1 Å². The standard InChI is InChI=1S/C17H21N3O/c18-10-13-3-1-4-14(9-13)11-20-8-2-5-15(12-20)17(21)19-16-6-7-16/h1,3-4,9,15-16H,2,5-8,11-12H2,(H,19,21). The largest absolute Gasteiger partial charge is 0.353 e. The van der Waals surface area contributed by atoms with Gasteiger partial charge < -0.3 is 5.32 Å². The van der Waals surface area contributed by atoms with Gasteiger partial charge in [-0.1, -0.05) is 12.1 Å². The summed E-state index contributed by atoms with van der Waals surface area (Å²) in [5, 5.41) is 12.1. The lowest BCUT2D eigenvalue weighted by Crippen LogP contribution is -2.43. The average molecular weight is 283 g/mol. The minimum absolute atomic E-state index is 0.124. The number of carbonyl (C=O) groups excluding carboxylic acids is 1. The lowest BCUT2D eigenvalue weighted by Gasteiger charge is -2.32. The molecule has 1 saturated carbocycles.